The molecular weight excluding hydrogens is 448 g/mol. The molecule has 0 unspecified atom stereocenters. The van der Waals surface area contributed by atoms with Crippen LogP contribution in [0.3, 0.4) is 0 Å². The van der Waals surface area contributed by atoms with Gasteiger partial charge in [-0.1, -0.05) is 38.0 Å². The van der Waals surface area contributed by atoms with Crippen LogP contribution in [0.25, 0.3) is 10.9 Å². The van der Waals surface area contributed by atoms with Crippen molar-refractivity contribution in [3.05, 3.63) is 65.9 Å². The Bertz CT molecular complexity index is 1140. The van der Waals surface area contributed by atoms with Gasteiger partial charge >= 0.3 is 5.97 Å². The molecule has 0 aliphatic carbocycles. The quantitative estimate of drug-likeness (QED) is 0.130. The van der Waals surface area contributed by atoms with Crippen LogP contribution < -0.4 is 21.2 Å². The molecule has 0 aliphatic rings. The van der Waals surface area contributed by atoms with Crippen LogP contribution in [0.5, 0.6) is 5.75 Å². The number of ether oxygens (including phenoxy) is 1. The molecule has 1 amide bonds. The number of aliphatic carboxylic acids is 1. The van der Waals surface area contributed by atoms with Crippen molar-refractivity contribution < 1.29 is 19.4 Å². The Morgan fingerprint density at radius 3 is 2.63 bits per heavy atom. The zero-order chi connectivity index (χ0) is 25.5. The van der Waals surface area contributed by atoms with Crippen molar-refractivity contribution in [2.45, 2.75) is 26.2 Å². The van der Waals surface area contributed by atoms with Crippen LogP contribution >= 0.6 is 0 Å². The van der Waals surface area contributed by atoms with Gasteiger partial charge in [-0.3, -0.25) is 14.6 Å². The van der Waals surface area contributed by atoms with Crippen molar-refractivity contribution in [2.75, 3.05) is 20.2 Å². The number of carboxylic acid groups (broad SMARTS) is 1. The van der Waals surface area contributed by atoms with E-state index in [1.807, 2.05) is 24.4 Å². The number of guanidine groups is 1. The number of nitrogens with two attached hydrogens (primary N) is 1. The molecule has 1 aromatic heterocycles. The maximum atomic E-state index is 11.2. The molecule has 0 atom stereocenters. The summed E-state index contributed by atoms with van der Waals surface area (Å²) in [5, 5.41) is 15.7. The molecule has 0 aliphatic heterocycles. The molecule has 2 aromatic carbocycles. The lowest BCUT2D eigenvalue weighted by Crippen LogP contribution is -2.29. The van der Waals surface area contributed by atoms with Gasteiger partial charge in [0.25, 0.3) is 5.91 Å². The molecule has 35 heavy (non-hydrogen) atoms. The minimum Gasteiger partial charge on any atom is -0.497 e. The number of hydrogen-bond acceptors (Lipinski definition) is 5. The lowest BCUT2D eigenvalue weighted by atomic mass is 10.2. The number of hydrogen-bond donors (Lipinski definition) is 5. The fourth-order valence-corrected chi connectivity index (χ4v) is 2.97. The van der Waals surface area contributed by atoms with E-state index in [-0.39, 0.29) is 12.5 Å². The van der Waals surface area contributed by atoms with Gasteiger partial charge in [0.15, 0.2) is 0 Å². The molecule has 0 fully saturated rings. The predicted octanol–water partition coefficient (Wildman–Crippen LogP) is 3.11. The number of nitrogens with zero attached hydrogens (tertiary/aromatic N) is 2. The Kier molecular flexibility index (Phi) is 11.3. The normalized spacial score (nSPS) is 11.1. The number of aromatic amines is 1. The number of aromatic nitrogens is 1. The number of methoxy groups -OCH3 is 1. The Hall–Kier alpha value is -4.34. The average Bonchev–Trinajstić information content (AvgIpc) is 3.28. The third kappa shape index (κ3) is 9.58. The van der Waals surface area contributed by atoms with E-state index in [4.69, 9.17) is 15.6 Å². The number of rotatable bonds is 10. The number of carboxylic acids is 1. The summed E-state index contributed by atoms with van der Waals surface area (Å²) >= 11 is 0. The predicted molar refractivity (Wildman–Crippen MR) is 138 cm³/mol. The molecular formula is C25H32N6O4. The molecule has 0 saturated heterocycles. The molecule has 0 radical (unpaired) electrons. The summed E-state index contributed by atoms with van der Waals surface area (Å²) < 4.78 is 5.24. The molecule has 0 spiro atoms. The summed E-state index contributed by atoms with van der Waals surface area (Å²) in [4.78, 5) is 28.7. The average molecular weight is 481 g/mol. The smallest absolute Gasteiger partial charge is 0.322 e. The van der Waals surface area contributed by atoms with E-state index in [0.717, 1.165) is 41.6 Å². The van der Waals surface area contributed by atoms with Gasteiger partial charge in [0, 0.05) is 34.8 Å². The van der Waals surface area contributed by atoms with E-state index in [0.29, 0.717) is 11.5 Å². The van der Waals surface area contributed by atoms with Crippen LogP contribution in [0.4, 0.5) is 0 Å². The van der Waals surface area contributed by atoms with Gasteiger partial charge < -0.3 is 25.9 Å². The van der Waals surface area contributed by atoms with Crippen molar-refractivity contribution in [1.82, 2.24) is 15.7 Å². The standard InChI is InChI=1S/C16H23N5O.C9H9NO3/c1-3-4-5-8-18-16(17)21-20-11-12-10-19-15-7-6-13(22-2)9-14(12)15;11-8(12)6-10-9(13)7-4-2-1-3-5-7/h6-7,9-11,19H,3-5,8H2,1-2H3,(H3,17,18,21);1-5H,6H2,(H,10,13)(H,11,12)/b20-11+;. The van der Waals surface area contributed by atoms with Gasteiger partial charge in [0.1, 0.15) is 12.3 Å². The number of nitrogens with one attached hydrogen (secondary N) is 3. The van der Waals surface area contributed by atoms with Crippen LogP contribution in [0, 0.1) is 0 Å². The molecule has 1 heterocycles. The van der Waals surface area contributed by atoms with Crippen LogP contribution in [0.15, 0.2) is 64.8 Å². The molecule has 10 nitrogen and oxygen atoms in total. The van der Waals surface area contributed by atoms with E-state index in [1.165, 1.54) is 6.42 Å². The largest absolute Gasteiger partial charge is 0.497 e. The number of benzene rings is 2. The highest BCUT2D eigenvalue weighted by atomic mass is 16.5. The first-order valence-electron chi connectivity index (χ1n) is 11.2. The van der Waals surface area contributed by atoms with Gasteiger partial charge in [-0.05, 0) is 36.8 Å². The zero-order valence-corrected chi connectivity index (χ0v) is 20.0. The van der Waals surface area contributed by atoms with Crippen molar-refractivity contribution in [2.24, 2.45) is 15.8 Å². The number of hydrazone groups is 1. The van der Waals surface area contributed by atoms with E-state index in [2.05, 4.69) is 32.7 Å². The summed E-state index contributed by atoms with van der Waals surface area (Å²) in [6.07, 6.45) is 6.99. The highest BCUT2D eigenvalue weighted by Gasteiger charge is 2.05. The second kappa shape index (κ2) is 14.7. The van der Waals surface area contributed by atoms with Crippen molar-refractivity contribution in [3.8, 4) is 5.75 Å². The number of unbranched alkanes of at least 4 members (excludes halogenated alkanes) is 2. The summed E-state index contributed by atoms with van der Waals surface area (Å²) in [5.41, 5.74) is 10.9. The minimum absolute atomic E-state index is 0.338. The third-order valence-corrected chi connectivity index (χ3v) is 4.78. The zero-order valence-electron chi connectivity index (χ0n) is 20.0. The van der Waals surface area contributed by atoms with Gasteiger partial charge in [0.05, 0.1) is 13.3 Å². The lowest BCUT2D eigenvalue weighted by Gasteiger charge is -2.00. The van der Waals surface area contributed by atoms with Crippen LogP contribution in [-0.2, 0) is 4.79 Å². The Labute approximate surface area is 204 Å². The van der Waals surface area contributed by atoms with Crippen molar-refractivity contribution >= 4 is 35.0 Å². The van der Waals surface area contributed by atoms with Crippen LogP contribution in [0.2, 0.25) is 0 Å². The number of amides is 1. The van der Waals surface area contributed by atoms with Gasteiger partial charge in [-0.2, -0.15) is 5.10 Å². The Balaban J connectivity index is 0.000000283. The van der Waals surface area contributed by atoms with Crippen molar-refractivity contribution in [1.29, 1.82) is 0 Å². The Morgan fingerprint density at radius 2 is 1.94 bits per heavy atom. The molecule has 186 valence electrons. The fraction of sp³-hybridized carbons (Fsp3) is 0.280. The fourth-order valence-electron chi connectivity index (χ4n) is 2.97. The molecule has 6 N–H and O–H groups in total. The number of aliphatic imine (C=N–C) groups is 1. The molecule has 3 aromatic rings. The molecule has 3 rings (SSSR count). The minimum atomic E-state index is -1.05. The number of fused-ring (bicyclic) bond motifs is 1. The van der Waals surface area contributed by atoms with E-state index >= 15 is 0 Å². The van der Waals surface area contributed by atoms with E-state index < -0.39 is 5.97 Å². The van der Waals surface area contributed by atoms with Crippen molar-refractivity contribution in [3.63, 3.8) is 0 Å². The highest BCUT2D eigenvalue weighted by molar-refractivity contribution is 6.00. The van der Waals surface area contributed by atoms with Crippen LogP contribution in [-0.4, -0.2) is 54.3 Å². The summed E-state index contributed by atoms with van der Waals surface area (Å²) in [5.74, 6) is -0.274. The van der Waals surface area contributed by atoms with Gasteiger partial charge in [-0.25, -0.2) is 5.43 Å². The first-order chi connectivity index (χ1) is 16.9. The topological polar surface area (TPSA) is 154 Å². The molecule has 0 bridgehead atoms. The van der Waals surface area contributed by atoms with E-state index in [1.54, 1.807) is 43.7 Å². The maximum Gasteiger partial charge on any atom is 0.322 e. The first-order valence-corrected chi connectivity index (χ1v) is 11.2. The highest BCUT2D eigenvalue weighted by Crippen LogP contribution is 2.22. The first kappa shape index (κ1) is 26.9. The number of carbonyl (C=O) groups excluding carboxylic acids is 1. The summed E-state index contributed by atoms with van der Waals surface area (Å²) in [7, 11) is 1.65. The van der Waals surface area contributed by atoms with E-state index in [9.17, 15) is 9.59 Å². The molecule has 10 heteroatoms. The molecule has 0 saturated carbocycles. The lowest BCUT2D eigenvalue weighted by molar-refractivity contribution is -0.135. The number of H-pyrrole nitrogens is 1. The maximum absolute atomic E-state index is 11.2. The second-order valence-corrected chi connectivity index (χ2v) is 7.44. The SMILES string of the molecule is CCCCCN=C(N)N/N=C/c1c[nH]c2ccc(OC)cc12.O=C(O)CNC(=O)c1ccccc1. The summed E-state index contributed by atoms with van der Waals surface area (Å²) in [6.45, 7) is 2.53. The second-order valence-electron chi connectivity index (χ2n) is 7.44. The third-order valence-electron chi connectivity index (χ3n) is 4.78. The summed E-state index contributed by atoms with van der Waals surface area (Å²) in [6, 6.07) is 14.3. The Morgan fingerprint density at radius 1 is 1.17 bits per heavy atom. The number of carbonyl (C=O) groups is 2. The van der Waals surface area contributed by atoms with Gasteiger partial charge in [0.2, 0.25) is 5.96 Å². The monoisotopic (exact) mass is 480 g/mol. The van der Waals surface area contributed by atoms with Gasteiger partial charge in [-0.15, -0.1) is 0 Å². The van der Waals surface area contributed by atoms with Crippen LogP contribution in [0.1, 0.15) is 42.1 Å².